The topological polar surface area (TPSA) is 44.5 Å². The van der Waals surface area contributed by atoms with E-state index in [2.05, 4.69) is 33.6 Å². The average Bonchev–Trinajstić information content (AvgIpc) is 2.65. The number of anilines is 1. The van der Waals surface area contributed by atoms with E-state index in [1.807, 2.05) is 45.0 Å². The van der Waals surface area contributed by atoms with Gasteiger partial charge in [-0.3, -0.25) is 0 Å². The zero-order valence-electron chi connectivity index (χ0n) is 17.8. The summed E-state index contributed by atoms with van der Waals surface area (Å²) in [5.74, 6) is 1.69. The Bertz CT molecular complexity index is 642. The standard InChI is InChI=1S/C13H15N.C11H22O2/c1-5-10(3)11(4)12-8-9(2)6-7-13(12)14;1-5-11(4)13-9-8-12-7-6-10(2)3/h5-8H,1,3-4,14H2,2H3;5,10H,6-9H2,1-4H3/b;11-5+. The molecule has 2 N–H and O–H groups in total. The number of nitrogens with two attached hydrogens (primary N) is 1. The predicted molar refractivity (Wildman–Crippen MR) is 120 cm³/mol. The molecular weight excluding hydrogens is 334 g/mol. The van der Waals surface area contributed by atoms with Crippen LogP contribution in [0.1, 0.15) is 45.2 Å². The van der Waals surface area contributed by atoms with E-state index < -0.39 is 0 Å². The highest BCUT2D eigenvalue weighted by atomic mass is 16.5. The molecule has 0 aliphatic rings. The van der Waals surface area contributed by atoms with Crippen molar-refractivity contribution in [1.82, 2.24) is 0 Å². The van der Waals surface area contributed by atoms with Gasteiger partial charge in [0.1, 0.15) is 6.61 Å². The van der Waals surface area contributed by atoms with E-state index in [1.165, 1.54) is 0 Å². The van der Waals surface area contributed by atoms with E-state index in [-0.39, 0.29) is 0 Å². The van der Waals surface area contributed by atoms with E-state index in [1.54, 1.807) is 6.08 Å². The minimum atomic E-state index is 0.661. The smallest absolute Gasteiger partial charge is 0.111 e. The van der Waals surface area contributed by atoms with Crippen molar-refractivity contribution in [3.63, 3.8) is 0 Å². The minimum absolute atomic E-state index is 0.661. The molecule has 0 atom stereocenters. The molecule has 0 saturated heterocycles. The number of benzene rings is 1. The van der Waals surface area contributed by atoms with Crippen molar-refractivity contribution >= 4 is 11.3 Å². The molecule has 0 radical (unpaired) electrons. The van der Waals surface area contributed by atoms with Crippen molar-refractivity contribution < 1.29 is 9.47 Å². The Balaban J connectivity index is 0.000000503. The fraction of sp³-hybridized carbons (Fsp3) is 0.417. The second-order valence-corrected chi connectivity index (χ2v) is 6.84. The second-order valence-electron chi connectivity index (χ2n) is 6.84. The summed E-state index contributed by atoms with van der Waals surface area (Å²) < 4.78 is 10.7. The lowest BCUT2D eigenvalue weighted by Crippen LogP contribution is -2.05. The number of ether oxygens (including phenoxy) is 2. The van der Waals surface area contributed by atoms with Gasteiger partial charge in [0, 0.05) is 17.9 Å². The molecular formula is C24H37NO2. The molecule has 0 fully saturated rings. The van der Waals surface area contributed by atoms with Gasteiger partial charge in [0.15, 0.2) is 0 Å². The summed E-state index contributed by atoms with van der Waals surface area (Å²) in [4.78, 5) is 0. The third-order valence-corrected chi connectivity index (χ3v) is 3.97. The van der Waals surface area contributed by atoms with Crippen LogP contribution in [0.2, 0.25) is 0 Å². The quantitative estimate of drug-likeness (QED) is 0.226. The molecule has 0 aliphatic heterocycles. The maximum atomic E-state index is 5.85. The average molecular weight is 372 g/mol. The number of rotatable bonds is 10. The third-order valence-electron chi connectivity index (χ3n) is 3.97. The molecule has 3 nitrogen and oxygen atoms in total. The Kier molecular flexibility index (Phi) is 12.7. The molecule has 27 heavy (non-hydrogen) atoms. The Morgan fingerprint density at radius 1 is 1.19 bits per heavy atom. The van der Waals surface area contributed by atoms with E-state index in [0.717, 1.165) is 52.7 Å². The normalized spacial score (nSPS) is 10.8. The molecule has 1 rings (SSSR count). The predicted octanol–water partition coefficient (Wildman–Crippen LogP) is 6.32. The molecule has 0 aliphatic carbocycles. The first kappa shape index (κ1) is 24.7. The van der Waals surface area contributed by atoms with Crippen LogP contribution in [0.15, 0.2) is 61.4 Å². The van der Waals surface area contributed by atoms with Crippen molar-refractivity contribution in [3.8, 4) is 0 Å². The zero-order chi connectivity index (χ0) is 20.8. The summed E-state index contributed by atoms with van der Waals surface area (Å²) in [5, 5.41) is 0. The number of aryl methyl sites for hydroxylation is 1. The summed E-state index contributed by atoms with van der Waals surface area (Å²) in [7, 11) is 0. The molecule has 1 aromatic carbocycles. The first-order chi connectivity index (χ1) is 12.7. The van der Waals surface area contributed by atoms with Gasteiger partial charge >= 0.3 is 0 Å². The Morgan fingerprint density at radius 3 is 2.41 bits per heavy atom. The highest BCUT2D eigenvalue weighted by Gasteiger charge is 2.04. The Morgan fingerprint density at radius 2 is 1.85 bits per heavy atom. The lowest BCUT2D eigenvalue weighted by molar-refractivity contribution is 0.0704. The maximum absolute atomic E-state index is 5.85. The molecule has 0 unspecified atom stereocenters. The van der Waals surface area contributed by atoms with Crippen LogP contribution in [0.5, 0.6) is 0 Å². The number of hydrogen-bond donors (Lipinski definition) is 1. The van der Waals surface area contributed by atoms with Crippen LogP contribution in [-0.2, 0) is 9.47 Å². The molecule has 150 valence electrons. The van der Waals surface area contributed by atoms with Gasteiger partial charge in [0.05, 0.1) is 12.4 Å². The summed E-state index contributed by atoms with van der Waals surface area (Å²) >= 11 is 0. The van der Waals surface area contributed by atoms with Crippen molar-refractivity contribution in [2.45, 2.75) is 41.0 Å². The van der Waals surface area contributed by atoms with Crippen LogP contribution in [0.4, 0.5) is 5.69 Å². The van der Waals surface area contributed by atoms with E-state index >= 15 is 0 Å². The number of allylic oxidation sites excluding steroid dienone is 5. The molecule has 0 heterocycles. The van der Waals surface area contributed by atoms with Gasteiger partial charge < -0.3 is 15.2 Å². The summed E-state index contributed by atoms with van der Waals surface area (Å²) in [5.41, 5.74) is 10.3. The van der Waals surface area contributed by atoms with E-state index in [4.69, 9.17) is 15.2 Å². The van der Waals surface area contributed by atoms with Crippen LogP contribution in [0.3, 0.4) is 0 Å². The second kappa shape index (κ2) is 13.9. The van der Waals surface area contributed by atoms with Gasteiger partial charge in [-0.15, -0.1) is 0 Å². The van der Waals surface area contributed by atoms with Crippen molar-refractivity contribution in [2.24, 2.45) is 5.92 Å². The number of nitrogen functional groups attached to an aromatic ring is 1. The summed E-state index contributed by atoms with van der Waals surface area (Å²) in [6.45, 7) is 24.0. The monoisotopic (exact) mass is 371 g/mol. The molecule has 0 bridgehead atoms. The first-order valence-electron chi connectivity index (χ1n) is 9.43. The minimum Gasteiger partial charge on any atom is -0.496 e. The summed E-state index contributed by atoms with van der Waals surface area (Å²) in [6.07, 6.45) is 4.76. The van der Waals surface area contributed by atoms with E-state index in [9.17, 15) is 0 Å². The zero-order valence-corrected chi connectivity index (χ0v) is 17.8. The van der Waals surface area contributed by atoms with Crippen molar-refractivity contribution in [3.05, 3.63) is 72.5 Å². The molecule has 0 amide bonds. The SMILES string of the molecule is C/C=C(\C)OCCOCCC(C)C.C=CC(=C)C(=C)c1cc(C)ccc1N. The van der Waals surface area contributed by atoms with Gasteiger partial charge in [0.25, 0.3) is 0 Å². The van der Waals surface area contributed by atoms with Gasteiger partial charge in [0.2, 0.25) is 0 Å². The van der Waals surface area contributed by atoms with Crippen LogP contribution in [0.25, 0.3) is 5.57 Å². The summed E-state index contributed by atoms with van der Waals surface area (Å²) in [6, 6.07) is 5.86. The molecule has 0 aromatic heterocycles. The van der Waals surface area contributed by atoms with Crippen molar-refractivity contribution in [1.29, 1.82) is 0 Å². The lowest BCUT2D eigenvalue weighted by Gasteiger charge is -2.09. The van der Waals surface area contributed by atoms with E-state index in [0.29, 0.717) is 13.2 Å². The Labute approximate surface area is 166 Å². The highest BCUT2D eigenvalue weighted by molar-refractivity contribution is 5.85. The fourth-order valence-electron chi connectivity index (χ4n) is 1.99. The Hall–Kier alpha value is -2.26. The van der Waals surface area contributed by atoms with Crippen LogP contribution in [0, 0.1) is 12.8 Å². The number of hydrogen-bond acceptors (Lipinski definition) is 3. The molecule has 3 heteroatoms. The van der Waals surface area contributed by atoms with Gasteiger partial charge in [-0.05, 0) is 56.4 Å². The first-order valence-corrected chi connectivity index (χ1v) is 9.43. The molecule has 0 saturated carbocycles. The lowest BCUT2D eigenvalue weighted by atomic mass is 9.97. The van der Waals surface area contributed by atoms with Crippen LogP contribution in [-0.4, -0.2) is 19.8 Å². The maximum Gasteiger partial charge on any atom is 0.111 e. The van der Waals surface area contributed by atoms with Crippen LogP contribution >= 0.6 is 0 Å². The van der Waals surface area contributed by atoms with Gasteiger partial charge in [-0.2, -0.15) is 0 Å². The molecule has 0 spiro atoms. The van der Waals surface area contributed by atoms with Gasteiger partial charge in [-0.25, -0.2) is 0 Å². The fourth-order valence-corrected chi connectivity index (χ4v) is 1.99. The highest BCUT2D eigenvalue weighted by Crippen LogP contribution is 2.26. The van der Waals surface area contributed by atoms with Crippen molar-refractivity contribution in [2.75, 3.05) is 25.6 Å². The third kappa shape index (κ3) is 11.1. The van der Waals surface area contributed by atoms with Crippen LogP contribution < -0.4 is 5.73 Å². The largest absolute Gasteiger partial charge is 0.496 e. The van der Waals surface area contributed by atoms with Gasteiger partial charge in [-0.1, -0.05) is 57.4 Å². The molecule has 1 aromatic rings.